The number of carboxylic acids is 1. The molecule has 3 heterocycles. The quantitative estimate of drug-likeness (QED) is 0.208. The van der Waals surface area contributed by atoms with Gasteiger partial charge in [0.05, 0.1) is 44.7 Å². The highest BCUT2D eigenvalue weighted by Crippen LogP contribution is 2.45. The molecule has 9 nitrogen and oxygen atoms in total. The summed E-state index contributed by atoms with van der Waals surface area (Å²) in [5, 5.41) is 21.1. The van der Waals surface area contributed by atoms with Crippen LogP contribution in [0.5, 0.6) is 5.75 Å². The number of carbonyl (C=O) groups is 3. The van der Waals surface area contributed by atoms with Crippen molar-refractivity contribution >= 4 is 61.7 Å². The number of hydrogen-bond donors (Lipinski definition) is 2. The average molecular weight is 536 g/mol. The van der Waals surface area contributed by atoms with E-state index >= 15 is 0 Å². The van der Waals surface area contributed by atoms with Crippen LogP contribution in [0.25, 0.3) is 16.0 Å². The number of aromatic nitrogens is 2. The Hall–Kier alpha value is -4.28. The van der Waals surface area contributed by atoms with Gasteiger partial charge in [-0.15, -0.1) is 0 Å². The zero-order valence-electron chi connectivity index (χ0n) is 19.4. The average Bonchev–Trinajstić information content (AvgIpc) is 3.41. The number of methoxy groups -OCH3 is 1. The summed E-state index contributed by atoms with van der Waals surface area (Å²) in [7, 11) is 1.38. The second kappa shape index (κ2) is 9.30. The first-order valence-electron chi connectivity index (χ1n) is 10.9. The number of carboxylic acid groups (broad SMARTS) is 1. The fraction of sp³-hybridized carbons (Fsp3) is 0.115. The van der Waals surface area contributed by atoms with Crippen molar-refractivity contribution in [1.29, 1.82) is 0 Å². The molecule has 1 unspecified atom stereocenters. The number of anilines is 1. The van der Waals surface area contributed by atoms with Gasteiger partial charge in [0.2, 0.25) is 0 Å². The molecule has 37 heavy (non-hydrogen) atoms. The van der Waals surface area contributed by atoms with E-state index in [9.17, 15) is 24.6 Å². The number of aliphatic hydroxyl groups is 1. The van der Waals surface area contributed by atoms with Gasteiger partial charge in [0, 0.05) is 6.20 Å². The van der Waals surface area contributed by atoms with Crippen LogP contribution >= 0.6 is 22.9 Å². The van der Waals surface area contributed by atoms with Crippen LogP contribution in [0.3, 0.4) is 0 Å². The largest absolute Gasteiger partial charge is 0.507 e. The summed E-state index contributed by atoms with van der Waals surface area (Å²) in [6.45, 7) is 1.77. The molecule has 0 radical (unpaired) electrons. The third-order valence-corrected chi connectivity index (χ3v) is 7.19. The maximum Gasteiger partial charge on any atom is 0.335 e. The van der Waals surface area contributed by atoms with Gasteiger partial charge in [-0.25, -0.2) is 9.78 Å². The number of hydrogen-bond acceptors (Lipinski definition) is 8. The van der Waals surface area contributed by atoms with Crippen molar-refractivity contribution in [3.05, 3.63) is 87.7 Å². The Morgan fingerprint density at radius 2 is 1.92 bits per heavy atom. The molecular weight excluding hydrogens is 518 g/mol. The van der Waals surface area contributed by atoms with Gasteiger partial charge < -0.3 is 14.9 Å². The van der Waals surface area contributed by atoms with E-state index in [0.29, 0.717) is 21.5 Å². The van der Waals surface area contributed by atoms with Crippen LogP contribution in [0, 0.1) is 6.92 Å². The molecule has 4 aromatic rings. The van der Waals surface area contributed by atoms with Crippen molar-refractivity contribution in [2.24, 2.45) is 0 Å². The summed E-state index contributed by atoms with van der Waals surface area (Å²) in [5.41, 5.74) is 1.51. The molecule has 2 N–H and O–H groups in total. The lowest BCUT2D eigenvalue weighted by Crippen LogP contribution is -2.29. The minimum Gasteiger partial charge on any atom is -0.507 e. The van der Waals surface area contributed by atoms with Crippen molar-refractivity contribution in [2.75, 3.05) is 12.0 Å². The number of halogens is 1. The van der Waals surface area contributed by atoms with Crippen molar-refractivity contribution in [3.63, 3.8) is 0 Å². The fourth-order valence-electron chi connectivity index (χ4n) is 4.25. The lowest BCUT2D eigenvalue weighted by atomic mass is 9.97. The van der Waals surface area contributed by atoms with Gasteiger partial charge in [-0.3, -0.25) is 19.5 Å². The monoisotopic (exact) mass is 535 g/mol. The minimum absolute atomic E-state index is 0.0643. The Kier molecular flexibility index (Phi) is 6.14. The molecule has 2 aromatic carbocycles. The smallest absolute Gasteiger partial charge is 0.335 e. The Labute approximate surface area is 219 Å². The Morgan fingerprint density at radius 1 is 1.14 bits per heavy atom. The highest BCUT2D eigenvalue weighted by Gasteiger charge is 2.49. The topological polar surface area (TPSA) is 130 Å². The van der Waals surface area contributed by atoms with Crippen LogP contribution in [0.1, 0.15) is 33.2 Å². The van der Waals surface area contributed by atoms with Crippen LogP contribution in [0.2, 0.25) is 5.02 Å². The predicted octanol–water partition coefficient (Wildman–Crippen LogP) is 4.99. The van der Waals surface area contributed by atoms with Gasteiger partial charge in [-0.05, 0) is 55.0 Å². The second-order valence-electron chi connectivity index (χ2n) is 8.24. The van der Waals surface area contributed by atoms with E-state index in [1.807, 2.05) is 0 Å². The molecule has 1 atom stereocenters. The van der Waals surface area contributed by atoms with Crippen molar-refractivity contribution in [1.82, 2.24) is 9.97 Å². The van der Waals surface area contributed by atoms with E-state index in [1.54, 1.807) is 37.3 Å². The molecular formula is C26H18ClN3O6S. The number of fused-ring (bicyclic) bond motifs is 1. The predicted molar refractivity (Wildman–Crippen MR) is 138 cm³/mol. The lowest BCUT2D eigenvalue weighted by Gasteiger charge is -2.22. The number of ether oxygens (including phenoxy) is 1. The molecule has 1 aliphatic rings. The van der Waals surface area contributed by atoms with Crippen LogP contribution in [-0.4, -0.2) is 45.0 Å². The standard InChI is InChI=1S/C26H18ClN3O6S/c1-12-9-14(23(36-2)15(27)10-12)21(31)19-20(17-5-3-4-8-28-17)30(24(33)22(19)32)26-29-16-7-6-13(25(34)35)11-18(16)37-26/h3-11,20,31H,1-2H3,(H,34,35)/b21-19+. The molecule has 2 aromatic heterocycles. The van der Waals surface area contributed by atoms with Crippen LogP contribution in [0.4, 0.5) is 5.13 Å². The number of Topliss-reactive ketones (excluding diaryl/α,β-unsaturated/α-hetero) is 1. The molecule has 5 rings (SSSR count). The maximum absolute atomic E-state index is 13.4. The molecule has 1 fully saturated rings. The molecule has 186 valence electrons. The molecule has 1 aliphatic heterocycles. The second-order valence-corrected chi connectivity index (χ2v) is 9.65. The van der Waals surface area contributed by atoms with Crippen molar-refractivity contribution < 1.29 is 29.3 Å². The summed E-state index contributed by atoms with van der Waals surface area (Å²) < 4.78 is 5.90. The minimum atomic E-state index is -1.11. The molecule has 1 amide bonds. The number of pyridine rings is 1. The Bertz CT molecular complexity index is 1630. The van der Waals surface area contributed by atoms with Crippen molar-refractivity contribution in [2.45, 2.75) is 13.0 Å². The van der Waals surface area contributed by atoms with Crippen LogP contribution < -0.4 is 9.64 Å². The Morgan fingerprint density at radius 3 is 2.59 bits per heavy atom. The molecule has 11 heteroatoms. The molecule has 1 saturated heterocycles. The first-order chi connectivity index (χ1) is 17.7. The van der Waals surface area contributed by atoms with E-state index in [4.69, 9.17) is 16.3 Å². The number of ketones is 1. The SMILES string of the molecule is COc1c(Cl)cc(C)cc1/C(O)=C1\C(=O)C(=O)N(c2nc3ccc(C(=O)O)cc3s2)C1c1ccccn1. The summed E-state index contributed by atoms with van der Waals surface area (Å²) in [5.74, 6) is -3.26. The van der Waals surface area contributed by atoms with E-state index in [2.05, 4.69) is 9.97 Å². The number of aliphatic hydroxyl groups excluding tert-OH is 1. The first kappa shape index (κ1) is 24.4. The Balaban J connectivity index is 1.75. The number of thiazole rings is 1. The maximum atomic E-state index is 13.4. The number of nitrogens with zero attached hydrogens (tertiary/aromatic N) is 3. The van der Waals surface area contributed by atoms with Gasteiger partial charge in [0.15, 0.2) is 5.13 Å². The lowest BCUT2D eigenvalue weighted by molar-refractivity contribution is -0.132. The van der Waals surface area contributed by atoms with Crippen LogP contribution in [-0.2, 0) is 9.59 Å². The highest BCUT2D eigenvalue weighted by atomic mass is 35.5. The van der Waals surface area contributed by atoms with Gasteiger partial charge in [0.25, 0.3) is 5.78 Å². The van der Waals surface area contributed by atoms with E-state index in [-0.39, 0.29) is 32.6 Å². The third kappa shape index (κ3) is 4.09. The summed E-state index contributed by atoms with van der Waals surface area (Å²) in [6, 6.07) is 11.6. The highest BCUT2D eigenvalue weighted by molar-refractivity contribution is 7.22. The number of rotatable bonds is 5. The zero-order valence-corrected chi connectivity index (χ0v) is 21.0. The first-order valence-corrected chi connectivity index (χ1v) is 12.1. The number of aryl methyl sites for hydroxylation is 1. The summed E-state index contributed by atoms with van der Waals surface area (Å²) in [6.07, 6.45) is 1.51. The zero-order chi connectivity index (χ0) is 26.4. The van der Waals surface area contributed by atoms with Gasteiger partial charge in [-0.2, -0.15) is 0 Å². The van der Waals surface area contributed by atoms with Gasteiger partial charge in [0.1, 0.15) is 17.6 Å². The summed E-state index contributed by atoms with van der Waals surface area (Å²) in [4.78, 5) is 48.2. The number of carbonyl (C=O) groups excluding carboxylic acids is 2. The van der Waals surface area contributed by atoms with E-state index in [1.165, 1.54) is 36.4 Å². The number of amides is 1. The van der Waals surface area contributed by atoms with Gasteiger partial charge in [-0.1, -0.05) is 29.0 Å². The third-order valence-electron chi connectivity index (χ3n) is 5.89. The van der Waals surface area contributed by atoms with Crippen LogP contribution in [0.15, 0.2) is 60.3 Å². The summed E-state index contributed by atoms with van der Waals surface area (Å²) >= 11 is 7.38. The molecule has 0 spiro atoms. The fourth-order valence-corrected chi connectivity index (χ4v) is 5.64. The van der Waals surface area contributed by atoms with Gasteiger partial charge >= 0.3 is 11.9 Å². The normalized spacial score (nSPS) is 16.9. The van der Waals surface area contributed by atoms with E-state index < -0.39 is 29.5 Å². The molecule has 0 saturated carbocycles. The molecule has 0 aliphatic carbocycles. The number of benzene rings is 2. The molecule has 0 bridgehead atoms. The van der Waals surface area contributed by atoms with E-state index in [0.717, 1.165) is 11.3 Å². The van der Waals surface area contributed by atoms with Crippen molar-refractivity contribution in [3.8, 4) is 5.75 Å². The number of aromatic carboxylic acids is 1.